The highest BCUT2D eigenvalue weighted by atomic mass is 16.5. The Balaban J connectivity index is 2.18. The molecule has 2 aliphatic heterocycles. The molecule has 3 N–H and O–H groups in total. The summed E-state index contributed by atoms with van der Waals surface area (Å²) in [7, 11) is 0. The van der Waals surface area contributed by atoms with Gasteiger partial charge < -0.3 is 20.1 Å². The second-order valence-electron chi connectivity index (χ2n) is 5.80. The van der Waals surface area contributed by atoms with Crippen LogP contribution in [-0.4, -0.2) is 44.8 Å². The predicted octanol–water partition coefficient (Wildman–Crippen LogP) is 0.581. The Labute approximate surface area is 96.2 Å². The first-order valence-corrected chi connectivity index (χ1v) is 6.09. The minimum Gasteiger partial charge on any atom is -0.390 e. The SMILES string of the molecule is C[C@]1(O)C[C@@H]2CC[C@@H](O2)[C@](C)(O)CC[C@@H]1O. The lowest BCUT2D eigenvalue weighted by atomic mass is 9.83. The summed E-state index contributed by atoms with van der Waals surface area (Å²) in [6.07, 6.45) is 2.02. The molecule has 0 aliphatic carbocycles. The van der Waals surface area contributed by atoms with Crippen molar-refractivity contribution >= 4 is 0 Å². The maximum atomic E-state index is 10.3. The van der Waals surface area contributed by atoms with Crippen molar-refractivity contribution in [3.63, 3.8) is 0 Å². The fourth-order valence-corrected chi connectivity index (χ4v) is 2.81. The van der Waals surface area contributed by atoms with Crippen LogP contribution in [0.3, 0.4) is 0 Å². The minimum absolute atomic E-state index is 0.0424. The third-order valence-electron chi connectivity index (χ3n) is 4.08. The average Bonchev–Trinajstić information content (AvgIpc) is 2.61. The van der Waals surface area contributed by atoms with Gasteiger partial charge in [-0.1, -0.05) is 0 Å². The molecule has 2 fully saturated rings. The highest BCUT2D eigenvalue weighted by Crippen LogP contribution is 2.38. The van der Waals surface area contributed by atoms with Crippen LogP contribution in [0.4, 0.5) is 0 Å². The van der Waals surface area contributed by atoms with Crippen LogP contribution >= 0.6 is 0 Å². The van der Waals surface area contributed by atoms with Crippen molar-refractivity contribution < 1.29 is 20.1 Å². The van der Waals surface area contributed by atoms with E-state index in [1.807, 2.05) is 0 Å². The Morgan fingerprint density at radius 3 is 2.44 bits per heavy atom. The molecule has 0 radical (unpaired) electrons. The summed E-state index contributed by atoms with van der Waals surface area (Å²) in [6.45, 7) is 3.40. The van der Waals surface area contributed by atoms with Gasteiger partial charge in [-0.25, -0.2) is 0 Å². The van der Waals surface area contributed by atoms with Crippen molar-refractivity contribution in [3.05, 3.63) is 0 Å². The highest BCUT2D eigenvalue weighted by Gasteiger charge is 2.45. The zero-order chi connectivity index (χ0) is 12.0. The molecule has 2 saturated heterocycles. The lowest BCUT2D eigenvalue weighted by molar-refractivity contribution is -0.105. The van der Waals surface area contributed by atoms with Gasteiger partial charge in [-0.3, -0.25) is 0 Å². The monoisotopic (exact) mass is 230 g/mol. The van der Waals surface area contributed by atoms with Crippen LogP contribution in [-0.2, 0) is 4.74 Å². The van der Waals surface area contributed by atoms with Crippen LogP contribution < -0.4 is 0 Å². The van der Waals surface area contributed by atoms with E-state index in [4.69, 9.17) is 4.74 Å². The van der Waals surface area contributed by atoms with Gasteiger partial charge in [0.15, 0.2) is 0 Å². The summed E-state index contributed by atoms with van der Waals surface area (Å²) in [5.74, 6) is 0. The Morgan fingerprint density at radius 1 is 1.06 bits per heavy atom. The summed E-state index contributed by atoms with van der Waals surface area (Å²) >= 11 is 0. The molecule has 2 bridgehead atoms. The first-order chi connectivity index (χ1) is 7.31. The van der Waals surface area contributed by atoms with Crippen LogP contribution in [0, 0.1) is 0 Å². The zero-order valence-corrected chi connectivity index (χ0v) is 10.0. The molecule has 0 saturated carbocycles. The maximum Gasteiger partial charge on any atom is 0.0902 e. The van der Waals surface area contributed by atoms with Gasteiger partial charge in [0, 0.05) is 6.42 Å². The molecular weight excluding hydrogens is 208 g/mol. The van der Waals surface area contributed by atoms with Gasteiger partial charge in [-0.05, 0) is 39.5 Å². The van der Waals surface area contributed by atoms with Gasteiger partial charge in [0.05, 0.1) is 29.5 Å². The van der Waals surface area contributed by atoms with Crippen molar-refractivity contribution in [3.8, 4) is 0 Å². The highest BCUT2D eigenvalue weighted by molar-refractivity contribution is 4.96. The first kappa shape index (κ1) is 12.3. The molecule has 0 aromatic carbocycles. The number of fused-ring (bicyclic) bond motifs is 2. The molecule has 0 aromatic rings. The third kappa shape index (κ3) is 2.25. The van der Waals surface area contributed by atoms with Crippen molar-refractivity contribution in [1.82, 2.24) is 0 Å². The molecule has 4 nitrogen and oxygen atoms in total. The molecule has 2 aliphatic rings. The van der Waals surface area contributed by atoms with Crippen molar-refractivity contribution in [2.24, 2.45) is 0 Å². The number of ether oxygens (including phenoxy) is 1. The van der Waals surface area contributed by atoms with E-state index in [0.29, 0.717) is 19.3 Å². The Morgan fingerprint density at radius 2 is 1.75 bits per heavy atom. The minimum atomic E-state index is -1.11. The molecular formula is C12H22O4. The van der Waals surface area contributed by atoms with Gasteiger partial charge >= 0.3 is 0 Å². The number of hydrogen-bond donors (Lipinski definition) is 3. The van der Waals surface area contributed by atoms with E-state index in [0.717, 1.165) is 12.8 Å². The topological polar surface area (TPSA) is 69.9 Å². The van der Waals surface area contributed by atoms with E-state index in [2.05, 4.69) is 0 Å². The van der Waals surface area contributed by atoms with E-state index in [9.17, 15) is 15.3 Å². The normalized spacial score (nSPS) is 54.2. The van der Waals surface area contributed by atoms with E-state index < -0.39 is 17.3 Å². The Bertz CT molecular complexity index is 260. The smallest absolute Gasteiger partial charge is 0.0902 e. The number of aliphatic hydroxyl groups is 3. The molecule has 5 atom stereocenters. The van der Waals surface area contributed by atoms with Crippen molar-refractivity contribution in [2.45, 2.75) is 75.5 Å². The van der Waals surface area contributed by atoms with E-state index in [1.165, 1.54) is 0 Å². The van der Waals surface area contributed by atoms with Crippen molar-refractivity contribution in [1.29, 1.82) is 0 Å². The summed E-state index contributed by atoms with van der Waals surface area (Å²) in [6, 6.07) is 0. The lowest BCUT2D eigenvalue weighted by Crippen LogP contribution is -2.42. The number of rotatable bonds is 0. The fourth-order valence-electron chi connectivity index (χ4n) is 2.81. The second-order valence-corrected chi connectivity index (χ2v) is 5.80. The average molecular weight is 230 g/mol. The molecule has 2 heterocycles. The van der Waals surface area contributed by atoms with E-state index in [1.54, 1.807) is 13.8 Å². The van der Waals surface area contributed by atoms with Gasteiger partial charge in [0.2, 0.25) is 0 Å². The third-order valence-corrected chi connectivity index (χ3v) is 4.08. The van der Waals surface area contributed by atoms with Crippen LogP contribution in [0.2, 0.25) is 0 Å². The summed E-state index contributed by atoms with van der Waals surface area (Å²) < 4.78 is 5.76. The maximum absolute atomic E-state index is 10.3. The second kappa shape index (κ2) is 3.95. The lowest BCUT2D eigenvalue weighted by Gasteiger charge is -2.32. The summed E-state index contributed by atoms with van der Waals surface area (Å²) in [5, 5.41) is 30.3. The Kier molecular flexibility index (Phi) is 3.03. The van der Waals surface area contributed by atoms with Gasteiger partial charge in [-0.15, -0.1) is 0 Å². The van der Waals surface area contributed by atoms with Crippen LogP contribution in [0.25, 0.3) is 0 Å². The molecule has 0 amide bonds. The summed E-state index contributed by atoms with van der Waals surface area (Å²) in [4.78, 5) is 0. The largest absolute Gasteiger partial charge is 0.390 e. The first-order valence-electron chi connectivity index (χ1n) is 6.09. The van der Waals surface area contributed by atoms with E-state index >= 15 is 0 Å². The number of hydrogen-bond acceptors (Lipinski definition) is 4. The molecule has 4 heteroatoms. The Hall–Kier alpha value is -0.160. The van der Waals surface area contributed by atoms with Crippen molar-refractivity contribution in [2.75, 3.05) is 0 Å². The van der Waals surface area contributed by atoms with E-state index in [-0.39, 0.29) is 12.2 Å². The van der Waals surface area contributed by atoms with Gasteiger partial charge in [0.1, 0.15) is 0 Å². The van der Waals surface area contributed by atoms with Gasteiger partial charge in [-0.2, -0.15) is 0 Å². The predicted molar refractivity (Wildman–Crippen MR) is 59.0 cm³/mol. The molecule has 0 spiro atoms. The molecule has 2 rings (SSSR count). The standard InChI is InChI=1S/C12H22O4/c1-11(14)6-5-9(13)12(2,15)7-8-3-4-10(11)16-8/h8-10,13-15H,3-7H2,1-2H3/t8-,9-,10+,11+,12-/m0/s1. The van der Waals surface area contributed by atoms with Crippen LogP contribution in [0.15, 0.2) is 0 Å². The molecule has 0 aromatic heterocycles. The van der Waals surface area contributed by atoms with Gasteiger partial charge in [0.25, 0.3) is 0 Å². The molecule has 94 valence electrons. The zero-order valence-electron chi connectivity index (χ0n) is 10.0. The molecule has 0 unspecified atom stereocenters. The fraction of sp³-hybridized carbons (Fsp3) is 1.00. The van der Waals surface area contributed by atoms with Crippen LogP contribution in [0.5, 0.6) is 0 Å². The molecule has 16 heavy (non-hydrogen) atoms. The van der Waals surface area contributed by atoms with Crippen LogP contribution in [0.1, 0.15) is 46.0 Å². The number of aliphatic hydroxyl groups excluding tert-OH is 1. The quantitative estimate of drug-likeness (QED) is 0.569. The summed E-state index contributed by atoms with van der Waals surface area (Å²) in [5.41, 5.74) is -2.00.